The molecule has 1 heterocycles. The Morgan fingerprint density at radius 3 is 2.69 bits per heavy atom. The van der Waals surface area contributed by atoms with Gasteiger partial charge in [0.1, 0.15) is 0 Å². The zero-order valence-electron chi connectivity index (χ0n) is 8.20. The lowest BCUT2D eigenvalue weighted by atomic mass is 9.97. The maximum Gasteiger partial charge on any atom is 0.409 e. The van der Waals surface area contributed by atoms with Crippen LogP contribution in [0.15, 0.2) is 0 Å². The number of carbonyl (C=O) groups is 1. The van der Waals surface area contributed by atoms with E-state index < -0.39 is 0 Å². The molecule has 0 N–H and O–H groups in total. The van der Waals surface area contributed by atoms with Gasteiger partial charge in [-0.15, -0.1) is 0 Å². The number of amides is 1. The van der Waals surface area contributed by atoms with E-state index in [-0.39, 0.29) is 17.6 Å². The van der Waals surface area contributed by atoms with Gasteiger partial charge in [-0.2, -0.15) is 5.26 Å². The van der Waals surface area contributed by atoms with Crippen molar-refractivity contribution in [2.24, 2.45) is 5.92 Å². The van der Waals surface area contributed by atoms with Crippen molar-refractivity contribution in [3.05, 3.63) is 0 Å². The molecular weight excluding hydrogens is 168 g/mol. The van der Waals surface area contributed by atoms with Gasteiger partial charge in [0, 0.05) is 12.1 Å². The van der Waals surface area contributed by atoms with E-state index in [4.69, 9.17) is 5.26 Å². The van der Waals surface area contributed by atoms with Crippen LogP contribution in [0.3, 0.4) is 0 Å². The summed E-state index contributed by atoms with van der Waals surface area (Å²) in [6.45, 7) is 4.37. The largest absolute Gasteiger partial charge is 0.453 e. The second kappa shape index (κ2) is 3.25. The molecule has 1 rings (SSSR count). The van der Waals surface area contributed by atoms with Gasteiger partial charge in [0.05, 0.1) is 19.1 Å². The van der Waals surface area contributed by atoms with Crippen LogP contribution in [0.2, 0.25) is 0 Å². The Morgan fingerprint density at radius 1 is 1.69 bits per heavy atom. The van der Waals surface area contributed by atoms with Gasteiger partial charge in [0.2, 0.25) is 0 Å². The fourth-order valence-electron chi connectivity index (χ4n) is 1.76. The molecule has 0 aromatic heterocycles. The second-order valence-electron chi connectivity index (χ2n) is 3.92. The maximum absolute atomic E-state index is 11.3. The number of rotatable bonds is 0. The molecule has 0 saturated carbocycles. The summed E-state index contributed by atoms with van der Waals surface area (Å²) in [6, 6.07) is 2.18. The number of hydrogen-bond acceptors (Lipinski definition) is 3. The molecule has 72 valence electrons. The van der Waals surface area contributed by atoms with Gasteiger partial charge in [0.15, 0.2) is 0 Å². The quantitative estimate of drug-likeness (QED) is 0.568. The smallest absolute Gasteiger partial charge is 0.409 e. The molecule has 1 aliphatic heterocycles. The molecule has 4 nitrogen and oxygen atoms in total. The zero-order chi connectivity index (χ0) is 10.1. The minimum absolute atomic E-state index is 0.0610. The van der Waals surface area contributed by atoms with Crippen LogP contribution in [0, 0.1) is 17.2 Å². The molecule has 4 heteroatoms. The van der Waals surface area contributed by atoms with Gasteiger partial charge >= 0.3 is 6.09 Å². The second-order valence-corrected chi connectivity index (χ2v) is 3.92. The van der Waals surface area contributed by atoms with E-state index >= 15 is 0 Å². The Kier molecular flexibility index (Phi) is 2.46. The van der Waals surface area contributed by atoms with E-state index in [2.05, 4.69) is 10.8 Å². The summed E-state index contributed by atoms with van der Waals surface area (Å²) in [7, 11) is 1.36. The molecule has 1 amide bonds. The molecule has 1 atom stereocenters. The third kappa shape index (κ3) is 1.74. The lowest BCUT2D eigenvalue weighted by Crippen LogP contribution is -2.42. The van der Waals surface area contributed by atoms with E-state index in [9.17, 15) is 4.79 Å². The van der Waals surface area contributed by atoms with Crippen molar-refractivity contribution in [2.75, 3.05) is 13.7 Å². The van der Waals surface area contributed by atoms with Crippen LogP contribution in [0.1, 0.15) is 20.3 Å². The fourth-order valence-corrected chi connectivity index (χ4v) is 1.76. The standard InChI is InChI=1S/C9H14N2O2/c1-9(2)4-7(5-10)6-11(9)8(12)13-3/h7H,4,6H2,1-3H3. The first kappa shape index (κ1) is 9.85. The highest BCUT2D eigenvalue weighted by Gasteiger charge is 2.41. The Labute approximate surface area is 78.1 Å². The first-order chi connectivity index (χ1) is 6.01. The molecule has 1 unspecified atom stereocenters. The lowest BCUT2D eigenvalue weighted by Gasteiger charge is -2.29. The van der Waals surface area contributed by atoms with E-state index in [0.29, 0.717) is 6.54 Å². The van der Waals surface area contributed by atoms with Crippen LogP contribution in [0.25, 0.3) is 0 Å². The number of likely N-dealkylation sites (tertiary alicyclic amines) is 1. The van der Waals surface area contributed by atoms with Crippen LogP contribution in [0.4, 0.5) is 4.79 Å². The topological polar surface area (TPSA) is 53.3 Å². The highest BCUT2D eigenvalue weighted by molar-refractivity contribution is 5.69. The highest BCUT2D eigenvalue weighted by atomic mass is 16.5. The molecule has 13 heavy (non-hydrogen) atoms. The molecule has 0 spiro atoms. The van der Waals surface area contributed by atoms with Crippen molar-refractivity contribution in [3.8, 4) is 6.07 Å². The highest BCUT2D eigenvalue weighted by Crippen LogP contribution is 2.32. The number of carbonyl (C=O) groups excluding carboxylic acids is 1. The van der Waals surface area contributed by atoms with Crippen LogP contribution in [0.5, 0.6) is 0 Å². The van der Waals surface area contributed by atoms with Gasteiger partial charge in [-0.05, 0) is 20.3 Å². The van der Waals surface area contributed by atoms with Crippen molar-refractivity contribution in [1.29, 1.82) is 5.26 Å². The summed E-state index contributed by atoms with van der Waals surface area (Å²) in [5, 5.41) is 8.74. The van der Waals surface area contributed by atoms with Crippen molar-refractivity contribution in [1.82, 2.24) is 4.90 Å². The number of nitrogens with zero attached hydrogens (tertiary/aromatic N) is 2. The van der Waals surface area contributed by atoms with Crippen molar-refractivity contribution < 1.29 is 9.53 Å². The summed E-state index contributed by atoms with van der Waals surface area (Å²) in [6.07, 6.45) is 0.376. The summed E-state index contributed by atoms with van der Waals surface area (Å²) in [5.41, 5.74) is -0.256. The first-order valence-corrected chi connectivity index (χ1v) is 4.26. The Balaban J connectivity index is 2.77. The van der Waals surface area contributed by atoms with E-state index in [1.54, 1.807) is 4.90 Å². The number of methoxy groups -OCH3 is 1. The number of hydrogen-bond donors (Lipinski definition) is 0. The minimum atomic E-state index is -0.345. The fraction of sp³-hybridized carbons (Fsp3) is 0.778. The van der Waals surface area contributed by atoms with Crippen LogP contribution < -0.4 is 0 Å². The molecule has 0 aromatic carbocycles. The van der Waals surface area contributed by atoms with E-state index in [1.165, 1.54) is 7.11 Å². The van der Waals surface area contributed by atoms with E-state index in [0.717, 1.165) is 6.42 Å². The average molecular weight is 182 g/mol. The predicted molar refractivity (Wildman–Crippen MR) is 46.9 cm³/mol. The molecule has 1 saturated heterocycles. The molecule has 0 aromatic rings. The number of ether oxygens (including phenoxy) is 1. The Morgan fingerprint density at radius 2 is 2.31 bits per heavy atom. The van der Waals surface area contributed by atoms with Crippen LogP contribution in [-0.4, -0.2) is 30.2 Å². The summed E-state index contributed by atoms with van der Waals surface area (Å²) in [4.78, 5) is 12.9. The van der Waals surface area contributed by atoms with Gasteiger partial charge in [0.25, 0.3) is 0 Å². The van der Waals surface area contributed by atoms with E-state index in [1.807, 2.05) is 13.8 Å². The Hall–Kier alpha value is -1.24. The molecule has 0 radical (unpaired) electrons. The van der Waals surface area contributed by atoms with Crippen LogP contribution in [-0.2, 0) is 4.74 Å². The lowest BCUT2D eigenvalue weighted by molar-refractivity contribution is 0.0983. The Bertz CT molecular complexity index is 255. The van der Waals surface area contributed by atoms with Gasteiger partial charge in [-0.3, -0.25) is 0 Å². The molecule has 0 aliphatic carbocycles. The van der Waals surface area contributed by atoms with Crippen molar-refractivity contribution in [2.45, 2.75) is 25.8 Å². The third-order valence-electron chi connectivity index (χ3n) is 2.46. The van der Waals surface area contributed by atoms with Gasteiger partial charge < -0.3 is 9.64 Å². The monoisotopic (exact) mass is 182 g/mol. The molecule has 0 bridgehead atoms. The normalized spacial score (nSPS) is 25.4. The first-order valence-electron chi connectivity index (χ1n) is 4.26. The average Bonchev–Trinajstić information content (AvgIpc) is 2.39. The van der Waals surface area contributed by atoms with Gasteiger partial charge in [-0.1, -0.05) is 0 Å². The maximum atomic E-state index is 11.3. The predicted octanol–water partition coefficient (Wildman–Crippen LogP) is 1.38. The number of nitriles is 1. The summed E-state index contributed by atoms with van der Waals surface area (Å²) >= 11 is 0. The van der Waals surface area contributed by atoms with Crippen molar-refractivity contribution in [3.63, 3.8) is 0 Å². The molecular formula is C9H14N2O2. The van der Waals surface area contributed by atoms with Crippen molar-refractivity contribution >= 4 is 6.09 Å². The summed E-state index contributed by atoms with van der Waals surface area (Å²) < 4.78 is 4.64. The molecule has 1 aliphatic rings. The molecule has 1 fully saturated rings. The zero-order valence-corrected chi connectivity index (χ0v) is 8.20. The van der Waals surface area contributed by atoms with Gasteiger partial charge in [-0.25, -0.2) is 4.79 Å². The summed E-state index contributed by atoms with van der Waals surface area (Å²) in [5.74, 6) is -0.0610. The minimum Gasteiger partial charge on any atom is -0.453 e. The SMILES string of the molecule is COC(=O)N1CC(C#N)CC1(C)C. The van der Waals surface area contributed by atoms with Crippen LogP contribution >= 0.6 is 0 Å². The third-order valence-corrected chi connectivity index (χ3v) is 2.46.